The van der Waals surface area contributed by atoms with Gasteiger partial charge >= 0.3 is 6.18 Å². The minimum atomic E-state index is -4.60. The van der Waals surface area contributed by atoms with Gasteiger partial charge in [-0.2, -0.15) is 18.2 Å². The molecule has 1 aromatic heterocycles. The van der Waals surface area contributed by atoms with E-state index in [1.54, 1.807) is 6.07 Å². The van der Waals surface area contributed by atoms with E-state index in [2.05, 4.69) is 11.5 Å². The Labute approximate surface area is 295 Å². The van der Waals surface area contributed by atoms with Crippen LogP contribution in [0.15, 0.2) is 30.9 Å². The van der Waals surface area contributed by atoms with Gasteiger partial charge in [0.15, 0.2) is 12.4 Å². The van der Waals surface area contributed by atoms with Crippen molar-refractivity contribution in [2.75, 3.05) is 68.0 Å². The summed E-state index contributed by atoms with van der Waals surface area (Å²) in [5, 5.41) is 8.92. The van der Waals surface area contributed by atoms with Gasteiger partial charge in [-0.25, -0.2) is 4.98 Å². The number of aromatic nitrogens is 2. The molecule has 2 aromatic carbocycles. The molecular formula is C38H44F3N7O3. The van der Waals surface area contributed by atoms with Crippen LogP contribution in [0.1, 0.15) is 61.1 Å². The SMILES string of the molecule is C=CC(=O)N1CC2(CCN(c3nc(N4CC(OCC5CC5)C4)nc4c(OCC(F)(F)F)c(-c5c(C)ccc(N)c5C=N)c(C5CC5)cc34)CC2)C1. The van der Waals surface area contributed by atoms with Crippen molar-refractivity contribution in [3.05, 3.63) is 47.5 Å². The van der Waals surface area contributed by atoms with E-state index in [4.69, 9.17) is 30.6 Å². The summed E-state index contributed by atoms with van der Waals surface area (Å²) in [5.74, 6) is 1.83. The van der Waals surface area contributed by atoms with Crippen LogP contribution in [0.25, 0.3) is 22.0 Å². The van der Waals surface area contributed by atoms with E-state index in [0.29, 0.717) is 90.2 Å². The zero-order valence-corrected chi connectivity index (χ0v) is 28.9. The number of carbonyl (C=O) groups is 1. The van der Waals surface area contributed by atoms with Crippen molar-refractivity contribution in [3.63, 3.8) is 0 Å². The molecule has 0 radical (unpaired) electrons. The van der Waals surface area contributed by atoms with Gasteiger partial charge in [0.2, 0.25) is 11.9 Å². The van der Waals surface area contributed by atoms with Crippen LogP contribution in [-0.4, -0.2) is 91.8 Å². The summed E-state index contributed by atoms with van der Waals surface area (Å²) >= 11 is 0. The molecule has 1 spiro atoms. The molecule has 4 heterocycles. The molecule has 13 heteroatoms. The van der Waals surface area contributed by atoms with Gasteiger partial charge in [-0.1, -0.05) is 12.6 Å². The molecule has 3 aliphatic heterocycles. The maximum Gasteiger partial charge on any atom is 0.422 e. The topological polar surface area (TPSA) is 121 Å². The molecule has 5 fully saturated rings. The van der Waals surface area contributed by atoms with Crippen molar-refractivity contribution in [2.45, 2.75) is 63.6 Å². The van der Waals surface area contributed by atoms with Gasteiger partial charge in [-0.3, -0.25) is 4.79 Å². The molecule has 1 amide bonds. The van der Waals surface area contributed by atoms with Gasteiger partial charge in [0.05, 0.1) is 6.10 Å². The summed E-state index contributed by atoms with van der Waals surface area (Å²) in [6.07, 6.45) is 3.84. The number of nitrogen functional groups attached to an aromatic ring is 1. The predicted octanol–water partition coefficient (Wildman–Crippen LogP) is 6.23. The number of benzene rings is 2. The van der Waals surface area contributed by atoms with Crippen LogP contribution in [0.5, 0.6) is 5.75 Å². The normalized spacial score (nSPS) is 20.4. The number of nitrogens with one attached hydrogen (secondary N) is 1. The average molecular weight is 704 g/mol. The largest absolute Gasteiger partial charge is 0.481 e. The molecule has 0 bridgehead atoms. The summed E-state index contributed by atoms with van der Waals surface area (Å²) < 4.78 is 54.0. The number of piperidine rings is 1. The molecular weight excluding hydrogens is 659 g/mol. The lowest BCUT2D eigenvalue weighted by Gasteiger charge is -2.54. The number of hydrogen-bond acceptors (Lipinski definition) is 9. The molecule has 0 unspecified atom stereocenters. The number of nitrogens with two attached hydrogens (primary N) is 1. The van der Waals surface area contributed by atoms with Crippen molar-refractivity contribution in [1.29, 1.82) is 5.41 Å². The second kappa shape index (κ2) is 12.7. The number of nitrogens with zero attached hydrogens (tertiary/aromatic N) is 5. The quantitative estimate of drug-likeness (QED) is 0.137. The van der Waals surface area contributed by atoms with E-state index in [9.17, 15) is 18.0 Å². The monoisotopic (exact) mass is 703 g/mol. The smallest absolute Gasteiger partial charge is 0.422 e. The molecule has 2 saturated carbocycles. The van der Waals surface area contributed by atoms with Gasteiger partial charge in [0, 0.05) is 79.7 Å². The number of fused-ring (bicyclic) bond motifs is 1. The van der Waals surface area contributed by atoms with E-state index in [1.807, 2.05) is 28.9 Å². The van der Waals surface area contributed by atoms with E-state index in [0.717, 1.165) is 43.4 Å². The number of anilines is 3. The maximum atomic E-state index is 14.0. The Hall–Kier alpha value is -4.39. The average Bonchev–Trinajstić information content (AvgIpc) is 4.00. The lowest BCUT2D eigenvalue weighted by molar-refractivity contribution is -0.153. The van der Waals surface area contributed by atoms with Crippen LogP contribution in [-0.2, 0) is 9.53 Å². The molecule has 3 aromatic rings. The van der Waals surface area contributed by atoms with Crippen molar-refractivity contribution < 1.29 is 27.4 Å². The number of aryl methyl sites for hydroxylation is 1. The second-order valence-corrected chi connectivity index (χ2v) is 15.2. The number of amides is 1. The Morgan fingerprint density at radius 1 is 1.10 bits per heavy atom. The predicted molar refractivity (Wildman–Crippen MR) is 191 cm³/mol. The standard InChI is InChI=1S/C38H44F3N7O3/c1-3-30(49)48-19-37(20-48)10-12-46(13-11-37)35-27-14-26(24-7-8-24)32(31-22(2)4-9-29(43)28(31)15-42)34(51-21-38(39,40)41)33(27)44-36(45-35)47-16-25(17-47)50-18-23-5-6-23/h3-4,9,14-15,23-25,42H,1,5-8,10-13,16-21,43H2,2H3. The molecule has 0 atom stereocenters. The Kier molecular flexibility index (Phi) is 8.39. The highest BCUT2D eigenvalue weighted by molar-refractivity contribution is 6.05. The van der Waals surface area contributed by atoms with E-state index in [1.165, 1.54) is 25.1 Å². The third kappa shape index (κ3) is 6.49. The summed E-state index contributed by atoms with van der Waals surface area (Å²) in [5.41, 5.74) is 10.3. The number of likely N-dealkylation sites (tertiary alicyclic amines) is 1. The van der Waals surface area contributed by atoms with E-state index >= 15 is 0 Å². The fourth-order valence-electron chi connectivity index (χ4n) is 7.93. The second-order valence-electron chi connectivity index (χ2n) is 15.2. The first-order valence-corrected chi connectivity index (χ1v) is 18.0. The number of ether oxygens (including phenoxy) is 2. The zero-order chi connectivity index (χ0) is 35.7. The highest BCUT2D eigenvalue weighted by Crippen LogP contribution is 2.53. The number of carbonyl (C=O) groups excluding carboxylic acids is 1. The minimum Gasteiger partial charge on any atom is -0.481 e. The zero-order valence-electron chi connectivity index (χ0n) is 28.9. The fraction of sp³-hybridized carbons (Fsp3) is 0.526. The summed E-state index contributed by atoms with van der Waals surface area (Å²) in [6, 6.07) is 5.60. The van der Waals surface area contributed by atoms with Crippen molar-refractivity contribution in [2.24, 2.45) is 11.3 Å². The van der Waals surface area contributed by atoms with Crippen LogP contribution in [0.4, 0.5) is 30.6 Å². The van der Waals surface area contributed by atoms with Gasteiger partial charge in [0.1, 0.15) is 11.3 Å². The fourth-order valence-corrected chi connectivity index (χ4v) is 7.93. The first kappa shape index (κ1) is 33.7. The van der Waals surface area contributed by atoms with Crippen molar-refractivity contribution in [1.82, 2.24) is 14.9 Å². The van der Waals surface area contributed by atoms with Crippen LogP contribution in [0.3, 0.4) is 0 Å². The molecule has 2 aliphatic carbocycles. The van der Waals surface area contributed by atoms with Gasteiger partial charge in [0.25, 0.3) is 0 Å². The molecule has 10 nitrogen and oxygen atoms in total. The number of halogens is 3. The molecule has 51 heavy (non-hydrogen) atoms. The van der Waals surface area contributed by atoms with Crippen LogP contribution < -0.4 is 20.3 Å². The summed E-state index contributed by atoms with van der Waals surface area (Å²) in [7, 11) is 0. The maximum absolute atomic E-state index is 14.0. The molecule has 8 rings (SSSR count). The Morgan fingerprint density at radius 2 is 1.82 bits per heavy atom. The first-order valence-electron chi connectivity index (χ1n) is 18.0. The number of rotatable bonds is 11. The van der Waals surface area contributed by atoms with Crippen LogP contribution in [0, 0.1) is 23.7 Å². The van der Waals surface area contributed by atoms with Crippen molar-refractivity contribution in [3.8, 4) is 16.9 Å². The molecule has 3 N–H and O–H groups in total. The number of hydrogen-bond donors (Lipinski definition) is 2. The van der Waals surface area contributed by atoms with Gasteiger partial charge < -0.3 is 35.3 Å². The number of alkyl halides is 3. The third-order valence-corrected chi connectivity index (χ3v) is 11.3. The van der Waals surface area contributed by atoms with Gasteiger partial charge in [-0.05, 0) is 92.2 Å². The Morgan fingerprint density at radius 3 is 2.45 bits per heavy atom. The lowest BCUT2D eigenvalue weighted by Crippen LogP contribution is -2.61. The highest BCUT2D eigenvalue weighted by Gasteiger charge is 2.47. The van der Waals surface area contributed by atoms with E-state index in [-0.39, 0.29) is 29.1 Å². The van der Waals surface area contributed by atoms with Crippen LogP contribution in [0.2, 0.25) is 0 Å². The highest BCUT2D eigenvalue weighted by atomic mass is 19.4. The van der Waals surface area contributed by atoms with Crippen LogP contribution >= 0.6 is 0 Å². The Bertz CT molecular complexity index is 1890. The Balaban J connectivity index is 1.26. The third-order valence-electron chi connectivity index (χ3n) is 11.3. The lowest BCUT2D eigenvalue weighted by atomic mass is 9.72. The summed E-state index contributed by atoms with van der Waals surface area (Å²) in [4.78, 5) is 28.4. The molecule has 270 valence electrons. The van der Waals surface area contributed by atoms with Crippen molar-refractivity contribution >= 4 is 40.5 Å². The summed E-state index contributed by atoms with van der Waals surface area (Å²) in [6.45, 7) is 8.67. The van der Waals surface area contributed by atoms with E-state index < -0.39 is 12.8 Å². The molecule has 3 saturated heterocycles. The van der Waals surface area contributed by atoms with Gasteiger partial charge in [-0.15, -0.1) is 0 Å². The first-order chi connectivity index (χ1) is 24.5. The molecule has 5 aliphatic rings. The minimum absolute atomic E-state index is 0.0334.